The van der Waals surface area contributed by atoms with Crippen molar-refractivity contribution in [2.45, 2.75) is 33.1 Å². The van der Waals surface area contributed by atoms with E-state index in [1.807, 2.05) is 37.3 Å². The van der Waals surface area contributed by atoms with Gasteiger partial charge in [0.1, 0.15) is 0 Å². The van der Waals surface area contributed by atoms with Gasteiger partial charge in [-0.15, -0.1) is 0 Å². The Morgan fingerprint density at radius 1 is 1.20 bits per heavy atom. The van der Waals surface area contributed by atoms with Gasteiger partial charge in [0.05, 0.1) is 0 Å². The molecule has 0 aromatic heterocycles. The molecule has 0 amide bonds. The number of allylic oxidation sites excluding steroid dienone is 2. The van der Waals surface area contributed by atoms with E-state index in [0.29, 0.717) is 0 Å². The second kappa shape index (κ2) is 12.1. The normalized spacial score (nSPS) is 10.5. The van der Waals surface area contributed by atoms with E-state index in [1.54, 1.807) is 0 Å². The van der Waals surface area contributed by atoms with Crippen molar-refractivity contribution in [2.75, 3.05) is 0 Å². The Labute approximate surface area is 115 Å². The largest absolute Gasteiger partial charge is 0.786 e. The van der Waals surface area contributed by atoms with Gasteiger partial charge < -0.3 is 25.3 Å². The van der Waals surface area contributed by atoms with Crippen molar-refractivity contribution in [1.29, 1.82) is 0 Å². The first kappa shape index (κ1) is 17.4. The number of hydrogen-bond acceptors (Lipinski definition) is 2. The molecule has 1 radical (unpaired) electrons. The van der Waals surface area contributed by atoms with E-state index in [9.17, 15) is 0 Å². The molecule has 89 valence electrons. The SMILES string of the molecule is CCCC/C([S-])=C(\C)[S-].[Co].c1cc[cH-]c1. The Balaban J connectivity index is 0. The summed E-state index contributed by atoms with van der Waals surface area (Å²) in [7, 11) is 0. The van der Waals surface area contributed by atoms with Crippen LogP contribution in [0.15, 0.2) is 40.1 Å². The molecule has 0 saturated heterocycles. The summed E-state index contributed by atoms with van der Waals surface area (Å²) >= 11 is 9.89. The second-order valence-corrected chi connectivity index (χ2v) is 4.15. The third kappa shape index (κ3) is 12.0. The predicted molar refractivity (Wildman–Crippen MR) is 69.0 cm³/mol. The van der Waals surface area contributed by atoms with E-state index in [1.165, 1.54) is 12.8 Å². The number of hydrogen-bond donors (Lipinski definition) is 0. The van der Waals surface area contributed by atoms with E-state index in [4.69, 9.17) is 25.3 Å². The van der Waals surface area contributed by atoms with Crippen molar-refractivity contribution in [3.63, 3.8) is 0 Å². The minimum absolute atomic E-state index is 0. The molecule has 0 N–H and O–H groups in total. The minimum Gasteiger partial charge on any atom is -0.786 e. The van der Waals surface area contributed by atoms with Crippen LogP contribution in [0.3, 0.4) is 0 Å². The van der Waals surface area contributed by atoms with Crippen molar-refractivity contribution in [3.05, 3.63) is 40.1 Å². The van der Waals surface area contributed by atoms with Crippen molar-refractivity contribution >= 4 is 25.3 Å². The molecule has 0 spiro atoms. The molecule has 0 atom stereocenters. The van der Waals surface area contributed by atoms with E-state index >= 15 is 0 Å². The van der Waals surface area contributed by atoms with Gasteiger partial charge in [-0.25, -0.2) is 21.9 Å². The first-order valence-electron chi connectivity index (χ1n) is 4.89. The Hall–Kier alpha value is 0.0365. The van der Waals surface area contributed by atoms with Crippen LogP contribution in [0.5, 0.6) is 0 Å². The topological polar surface area (TPSA) is 0 Å². The van der Waals surface area contributed by atoms with Crippen LogP contribution in [0, 0.1) is 0 Å². The Kier molecular flexibility index (Phi) is 14.1. The Morgan fingerprint density at radius 2 is 1.73 bits per heavy atom. The summed E-state index contributed by atoms with van der Waals surface area (Å²) in [5.74, 6) is 0. The zero-order chi connectivity index (χ0) is 10.8. The molecule has 1 rings (SSSR count). The molecule has 15 heavy (non-hydrogen) atoms. The first-order chi connectivity index (χ1) is 6.68. The van der Waals surface area contributed by atoms with E-state index in [0.717, 1.165) is 16.2 Å². The molecular weight excluding hydrogens is 267 g/mol. The average Bonchev–Trinajstić information content (AvgIpc) is 2.71. The van der Waals surface area contributed by atoms with Crippen molar-refractivity contribution in [1.82, 2.24) is 0 Å². The summed E-state index contributed by atoms with van der Waals surface area (Å²) in [6.07, 6.45) is 3.37. The van der Waals surface area contributed by atoms with Gasteiger partial charge in [0, 0.05) is 16.8 Å². The summed E-state index contributed by atoms with van der Waals surface area (Å²) in [6, 6.07) is 10.0. The van der Waals surface area contributed by atoms with Gasteiger partial charge in [-0.1, -0.05) is 33.1 Å². The van der Waals surface area contributed by atoms with Crippen LogP contribution in [0.1, 0.15) is 33.1 Å². The smallest absolute Gasteiger partial charge is 0 e. The van der Waals surface area contributed by atoms with Crippen LogP contribution in [-0.2, 0) is 42.0 Å². The van der Waals surface area contributed by atoms with Crippen molar-refractivity contribution < 1.29 is 16.8 Å². The van der Waals surface area contributed by atoms with Gasteiger partial charge in [0.25, 0.3) is 0 Å². The molecule has 0 nitrogen and oxygen atoms in total. The van der Waals surface area contributed by atoms with Crippen molar-refractivity contribution in [2.24, 2.45) is 0 Å². The molecule has 1 aromatic rings. The molecule has 0 aliphatic carbocycles. The molecule has 0 aliphatic heterocycles. The van der Waals surface area contributed by atoms with Gasteiger partial charge in [0.2, 0.25) is 0 Å². The first-order valence-corrected chi connectivity index (χ1v) is 5.70. The van der Waals surface area contributed by atoms with Gasteiger partial charge in [-0.2, -0.15) is 18.2 Å². The van der Waals surface area contributed by atoms with Crippen LogP contribution in [-0.4, -0.2) is 0 Å². The fraction of sp³-hybridized carbons (Fsp3) is 0.417. The fourth-order valence-electron chi connectivity index (χ4n) is 0.834. The molecule has 0 fully saturated rings. The quantitative estimate of drug-likeness (QED) is 0.610. The molecule has 0 aliphatic rings. The van der Waals surface area contributed by atoms with Crippen LogP contribution in [0.4, 0.5) is 0 Å². The zero-order valence-corrected chi connectivity index (χ0v) is 11.8. The molecule has 1 aromatic carbocycles. The summed E-state index contributed by atoms with van der Waals surface area (Å²) in [6.45, 7) is 4.05. The molecular formula is C12H17CoS2-3. The number of unbranched alkanes of at least 4 members (excludes halogenated alkanes) is 1. The van der Waals surface area contributed by atoms with Crippen molar-refractivity contribution in [3.8, 4) is 0 Å². The van der Waals surface area contributed by atoms with E-state index in [2.05, 4.69) is 6.92 Å². The van der Waals surface area contributed by atoms with Gasteiger partial charge in [-0.05, 0) is 0 Å². The molecule has 3 heteroatoms. The fourth-order valence-corrected chi connectivity index (χ4v) is 1.08. The standard InChI is InChI=1S/C7H14S2.C5H5.Co/c1-3-4-5-7(9)6(2)8;1-2-4-5-3-1;/h8-9H,3-5H2,1-2H3;1-5H;/q;-1;/p-2/b7-6-;;. The maximum atomic E-state index is 5.00. The average molecular weight is 284 g/mol. The van der Waals surface area contributed by atoms with Gasteiger partial charge in [-0.3, -0.25) is 0 Å². The number of rotatable bonds is 3. The molecule has 0 bridgehead atoms. The monoisotopic (exact) mass is 284 g/mol. The maximum absolute atomic E-state index is 5.00. The Morgan fingerprint density at radius 3 is 2.00 bits per heavy atom. The van der Waals surface area contributed by atoms with E-state index < -0.39 is 0 Å². The van der Waals surface area contributed by atoms with Crippen LogP contribution in [0.25, 0.3) is 0 Å². The Bertz CT molecular complexity index is 219. The predicted octanol–water partition coefficient (Wildman–Crippen LogP) is 3.90. The summed E-state index contributed by atoms with van der Waals surface area (Å²) in [5.41, 5.74) is 0. The van der Waals surface area contributed by atoms with Gasteiger partial charge in [0.15, 0.2) is 0 Å². The summed E-state index contributed by atoms with van der Waals surface area (Å²) in [5, 5.41) is 0. The maximum Gasteiger partial charge on any atom is 0 e. The van der Waals surface area contributed by atoms with Gasteiger partial charge >= 0.3 is 0 Å². The van der Waals surface area contributed by atoms with E-state index in [-0.39, 0.29) is 16.8 Å². The van der Waals surface area contributed by atoms with Crippen LogP contribution >= 0.6 is 0 Å². The van der Waals surface area contributed by atoms with Crippen LogP contribution in [0.2, 0.25) is 0 Å². The third-order valence-electron chi connectivity index (χ3n) is 1.71. The summed E-state index contributed by atoms with van der Waals surface area (Å²) < 4.78 is 0. The second-order valence-electron chi connectivity index (χ2n) is 3.05. The molecule has 0 unspecified atom stereocenters. The zero-order valence-electron chi connectivity index (χ0n) is 9.16. The third-order valence-corrected chi connectivity index (χ3v) is 2.59. The molecule has 0 saturated carbocycles. The molecule has 0 heterocycles. The minimum atomic E-state index is 0. The van der Waals surface area contributed by atoms with Crippen LogP contribution < -0.4 is 0 Å². The summed E-state index contributed by atoms with van der Waals surface area (Å²) in [4.78, 5) is 1.85.